The van der Waals surface area contributed by atoms with E-state index in [1.165, 1.54) is 64.6 Å². The van der Waals surface area contributed by atoms with Crippen LogP contribution >= 0.6 is 11.6 Å². The highest BCUT2D eigenvalue weighted by Crippen LogP contribution is 2.34. The Morgan fingerprint density at radius 2 is 1.74 bits per heavy atom. The molecule has 0 saturated heterocycles. The van der Waals surface area contributed by atoms with Crippen LogP contribution in [0.1, 0.15) is 23.8 Å². The first-order chi connectivity index (χ1) is 20.3. The summed E-state index contributed by atoms with van der Waals surface area (Å²) in [4.78, 5) is 0. The van der Waals surface area contributed by atoms with Gasteiger partial charge in [-0.05, 0) is 46.3 Å². The number of pyridine rings is 1. The number of tetrazole rings is 1. The van der Waals surface area contributed by atoms with Crippen molar-refractivity contribution in [1.82, 2.24) is 45.0 Å². The molecular weight excluding hydrogens is 580 g/mol. The highest BCUT2D eigenvalue weighted by atomic mass is 35.5. The lowest BCUT2D eigenvalue weighted by molar-refractivity contribution is -0.615. The smallest absolute Gasteiger partial charge is 0.334 e. The number of benzene rings is 2. The molecule has 0 aliphatic heterocycles. The van der Waals surface area contributed by atoms with E-state index in [1.54, 1.807) is 18.2 Å². The largest absolute Gasteiger partial charge is 0.618 e. The van der Waals surface area contributed by atoms with Gasteiger partial charge < -0.3 is 5.21 Å². The van der Waals surface area contributed by atoms with Gasteiger partial charge in [0.15, 0.2) is 12.0 Å². The quantitative estimate of drug-likeness (QED) is 0.143. The SMILES string of the molecule is [O-][n+]1cc(-c2c(-n3cnnn3)ccc(Cl)c2F)ccc1C(Cc1ccc(F)cc1)n1cc(-c2cn(C(F)F)nn2)cn1. The molecule has 0 aliphatic carbocycles. The molecule has 0 N–H and O–H groups in total. The van der Waals surface area contributed by atoms with E-state index in [2.05, 4.69) is 30.9 Å². The number of alkyl halides is 2. The van der Waals surface area contributed by atoms with E-state index >= 15 is 4.39 Å². The van der Waals surface area contributed by atoms with Crippen molar-refractivity contribution in [1.29, 1.82) is 0 Å². The van der Waals surface area contributed by atoms with Gasteiger partial charge in [0.25, 0.3) is 0 Å². The summed E-state index contributed by atoms with van der Waals surface area (Å²) in [7, 11) is 0. The number of hydrogen-bond donors (Lipinski definition) is 0. The van der Waals surface area contributed by atoms with E-state index < -0.39 is 24.2 Å². The molecule has 0 bridgehead atoms. The maximum absolute atomic E-state index is 15.3. The van der Waals surface area contributed by atoms with Crippen LogP contribution in [0, 0.1) is 16.8 Å². The van der Waals surface area contributed by atoms with Gasteiger partial charge in [-0.1, -0.05) is 28.9 Å². The van der Waals surface area contributed by atoms with Crippen molar-refractivity contribution in [2.45, 2.75) is 19.0 Å². The average molecular weight is 597 g/mol. The summed E-state index contributed by atoms with van der Waals surface area (Å²) in [6.45, 7) is -2.86. The minimum Gasteiger partial charge on any atom is -0.618 e. The second kappa shape index (κ2) is 11.0. The second-order valence-corrected chi connectivity index (χ2v) is 9.50. The Hall–Kier alpha value is -5.18. The average Bonchev–Trinajstić information content (AvgIpc) is 3.76. The third-order valence-corrected chi connectivity index (χ3v) is 6.80. The molecule has 212 valence electrons. The molecule has 0 fully saturated rings. The first-order valence-electron chi connectivity index (χ1n) is 12.2. The minimum atomic E-state index is -2.86. The summed E-state index contributed by atoms with van der Waals surface area (Å²) in [6, 6.07) is 10.9. The minimum absolute atomic E-state index is 0.00419. The first kappa shape index (κ1) is 27.0. The van der Waals surface area contributed by atoms with Crippen LogP contribution in [0.4, 0.5) is 17.6 Å². The molecule has 16 heteroatoms. The van der Waals surface area contributed by atoms with Crippen LogP contribution in [-0.2, 0) is 6.42 Å². The van der Waals surface area contributed by atoms with Crippen LogP contribution in [0.3, 0.4) is 0 Å². The summed E-state index contributed by atoms with van der Waals surface area (Å²) in [5.74, 6) is -1.20. The Morgan fingerprint density at radius 3 is 2.43 bits per heavy atom. The summed E-state index contributed by atoms with van der Waals surface area (Å²) >= 11 is 6.06. The van der Waals surface area contributed by atoms with E-state index in [0.717, 1.165) is 6.20 Å². The Morgan fingerprint density at radius 1 is 0.929 bits per heavy atom. The Labute approximate surface area is 238 Å². The van der Waals surface area contributed by atoms with E-state index in [0.29, 0.717) is 20.5 Å². The van der Waals surface area contributed by atoms with Crippen molar-refractivity contribution in [3.8, 4) is 28.1 Å². The van der Waals surface area contributed by atoms with Crippen molar-refractivity contribution >= 4 is 11.6 Å². The first-order valence-corrected chi connectivity index (χ1v) is 12.6. The third kappa shape index (κ3) is 5.16. The molecule has 0 aliphatic rings. The normalized spacial score (nSPS) is 12.2. The van der Waals surface area contributed by atoms with Gasteiger partial charge in [0, 0.05) is 24.2 Å². The molecule has 0 spiro atoms. The van der Waals surface area contributed by atoms with Gasteiger partial charge in [-0.3, -0.25) is 4.68 Å². The van der Waals surface area contributed by atoms with E-state index in [-0.39, 0.29) is 39.6 Å². The summed E-state index contributed by atoms with van der Waals surface area (Å²) in [5, 5.41) is 35.9. The van der Waals surface area contributed by atoms with Crippen molar-refractivity contribution in [2.75, 3.05) is 0 Å². The van der Waals surface area contributed by atoms with E-state index in [1.807, 2.05) is 0 Å². The molecule has 0 amide bonds. The zero-order valence-corrected chi connectivity index (χ0v) is 21.9. The molecule has 1 unspecified atom stereocenters. The number of nitrogens with zero attached hydrogens (tertiary/aromatic N) is 10. The zero-order valence-electron chi connectivity index (χ0n) is 21.1. The standard InChI is InChI=1S/C26H17ClF4N10O/c27-19-6-8-22(40-14-32-35-37-40)24(25(19)29)16-3-7-21(41(42)12-16)23(9-15-1-4-18(28)5-2-15)38-11-17(10-33-38)20-13-39(26(30)31)36-34-20/h1-8,10-14,23,26H,9H2. The van der Waals surface area contributed by atoms with Crippen LogP contribution in [0.15, 0.2) is 79.6 Å². The van der Waals surface area contributed by atoms with Crippen molar-refractivity contribution < 1.29 is 22.3 Å². The fourth-order valence-electron chi connectivity index (χ4n) is 4.50. The van der Waals surface area contributed by atoms with Gasteiger partial charge in [0.05, 0.1) is 34.2 Å². The zero-order chi connectivity index (χ0) is 29.4. The van der Waals surface area contributed by atoms with Crippen LogP contribution in [0.5, 0.6) is 0 Å². The fraction of sp³-hybridized carbons (Fsp3) is 0.115. The number of halogens is 5. The lowest BCUT2D eigenvalue weighted by Crippen LogP contribution is -2.36. The highest BCUT2D eigenvalue weighted by molar-refractivity contribution is 6.31. The van der Waals surface area contributed by atoms with Crippen LogP contribution in [-0.4, -0.2) is 45.0 Å². The fourth-order valence-corrected chi connectivity index (χ4v) is 4.66. The Kier molecular flexibility index (Phi) is 7.08. The highest BCUT2D eigenvalue weighted by Gasteiger charge is 2.27. The van der Waals surface area contributed by atoms with Crippen LogP contribution in [0.25, 0.3) is 28.1 Å². The Bertz CT molecular complexity index is 1860. The number of hydrogen-bond acceptors (Lipinski definition) is 7. The number of rotatable bonds is 8. The molecule has 6 aromatic rings. The lowest BCUT2D eigenvalue weighted by Gasteiger charge is -2.18. The van der Waals surface area contributed by atoms with Crippen molar-refractivity contribution in [3.63, 3.8) is 0 Å². The van der Waals surface area contributed by atoms with E-state index in [4.69, 9.17) is 11.6 Å². The molecule has 4 heterocycles. The van der Waals surface area contributed by atoms with Gasteiger partial charge >= 0.3 is 6.55 Å². The molecular formula is C26H17ClF4N10O. The van der Waals surface area contributed by atoms with E-state index in [9.17, 15) is 18.4 Å². The van der Waals surface area contributed by atoms with Gasteiger partial charge in [0.2, 0.25) is 5.69 Å². The molecule has 4 aromatic heterocycles. The van der Waals surface area contributed by atoms with Gasteiger partial charge in [-0.2, -0.15) is 28.0 Å². The van der Waals surface area contributed by atoms with Gasteiger partial charge in [0.1, 0.15) is 23.9 Å². The van der Waals surface area contributed by atoms with Crippen LogP contribution in [0.2, 0.25) is 5.02 Å². The Balaban J connectivity index is 1.42. The third-order valence-electron chi connectivity index (χ3n) is 6.51. The monoisotopic (exact) mass is 596 g/mol. The molecule has 0 saturated carbocycles. The van der Waals surface area contributed by atoms with Crippen LogP contribution < -0.4 is 4.73 Å². The topological polar surface area (TPSA) is 119 Å². The van der Waals surface area contributed by atoms with Crippen molar-refractivity contribution in [3.05, 3.63) is 113 Å². The second-order valence-electron chi connectivity index (χ2n) is 9.10. The molecule has 11 nitrogen and oxygen atoms in total. The molecule has 1 atom stereocenters. The van der Waals surface area contributed by atoms with Gasteiger partial charge in [-0.25, -0.2) is 8.78 Å². The number of aromatic nitrogens is 10. The molecule has 0 radical (unpaired) electrons. The lowest BCUT2D eigenvalue weighted by atomic mass is 10.00. The van der Waals surface area contributed by atoms with Gasteiger partial charge in [-0.15, -0.1) is 10.2 Å². The molecule has 6 rings (SSSR count). The summed E-state index contributed by atoms with van der Waals surface area (Å²) in [5.41, 5.74) is 1.89. The predicted molar refractivity (Wildman–Crippen MR) is 139 cm³/mol. The summed E-state index contributed by atoms with van der Waals surface area (Å²) < 4.78 is 58.6. The maximum Gasteiger partial charge on any atom is 0.334 e. The summed E-state index contributed by atoms with van der Waals surface area (Å²) in [6.07, 6.45) is 6.68. The maximum atomic E-state index is 15.3. The predicted octanol–water partition coefficient (Wildman–Crippen LogP) is 4.58. The van der Waals surface area contributed by atoms with Crippen molar-refractivity contribution in [2.24, 2.45) is 0 Å². The molecule has 2 aromatic carbocycles. The molecule has 42 heavy (non-hydrogen) atoms.